The number of hydrogen-bond acceptors (Lipinski definition) is 2. The highest BCUT2D eigenvalue weighted by molar-refractivity contribution is 8.03. The van der Waals surface area contributed by atoms with Crippen molar-refractivity contribution in [2.45, 2.75) is 39.0 Å². The van der Waals surface area contributed by atoms with Crippen molar-refractivity contribution in [3.05, 3.63) is 11.5 Å². The summed E-state index contributed by atoms with van der Waals surface area (Å²) in [5, 5.41) is 9.00. The van der Waals surface area contributed by atoms with Crippen molar-refractivity contribution in [3.63, 3.8) is 0 Å². The minimum atomic E-state index is -0.689. The van der Waals surface area contributed by atoms with E-state index in [1.807, 2.05) is 0 Å². The van der Waals surface area contributed by atoms with E-state index in [0.29, 0.717) is 0 Å². The molecule has 1 N–H and O–H groups in total. The molecule has 1 aliphatic rings. The van der Waals surface area contributed by atoms with Gasteiger partial charge in [0.25, 0.3) is 0 Å². The van der Waals surface area contributed by atoms with Gasteiger partial charge in [0, 0.05) is 0 Å². The topological polar surface area (TPSA) is 37.3 Å². The van der Waals surface area contributed by atoms with Crippen molar-refractivity contribution >= 4 is 17.7 Å². The monoisotopic (exact) mass is 214 g/mol. The number of unbranched alkanes of at least 4 members (excludes halogenated alkanes) is 2. The smallest absolute Gasteiger partial charge is 0.314 e. The predicted octanol–water partition coefficient (Wildman–Crippen LogP) is 3.29. The Morgan fingerprint density at radius 2 is 2.14 bits per heavy atom. The SMILES string of the molecule is C=C(SCCCCC)C1(C(=O)O)CC1. The Bertz CT molecular complexity index is 231. The number of hydrogen-bond donors (Lipinski definition) is 1. The first kappa shape index (κ1) is 11.6. The highest BCUT2D eigenvalue weighted by Crippen LogP contribution is 2.55. The van der Waals surface area contributed by atoms with Gasteiger partial charge in [-0.1, -0.05) is 26.3 Å². The van der Waals surface area contributed by atoms with Crippen LogP contribution in [0.1, 0.15) is 39.0 Å². The number of rotatable bonds is 7. The van der Waals surface area contributed by atoms with Gasteiger partial charge in [0.15, 0.2) is 0 Å². The second-order valence-corrected chi connectivity index (χ2v) is 5.06. The van der Waals surface area contributed by atoms with Gasteiger partial charge in [0.1, 0.15) is 0 Å². The summed E-state index contributed by atoms with van der Waals surface area (Å²) in [5.41, 5.74) is -0.559. The van der Waals surface area contributed by atoms with E-state index in [0.717, 1.165) is 29.9 Å². The first-order valence-electron chi connectivity index (χ1n) is 5.19. The predicted molar refractivity (Wildman–Crippen MR) is 60.4 cm³/mol. The molecule has 0 radical (unpaired) electrons. The average molecular weight is 214 g/mol. The highest BCUT2D eigenvalue weighted by Gasteiger charge is 2.52. The Hall–Kier alpha value is -0.440. The number of carboxylic acid groups (broad SMARTS) is 1. The quantitative estimate of drug-likeness (QED) is 0.661. The molecular weight excluding hydrogens is 196 g/mol. The molecule has 0 spiro atoms. The summed E-state index contributed by atoms with van der Waals surface area (Å²) in [6, 6.07) is 0. The summed E-state index contributed by atoms with van der Waals surface area (Å²) in [5.74, 6) is 0.326. The zero-order valence-corrected chi connectivity index (χ0v) is 9.53. The second-order valence-electron chi connectivity index (χ2n) is 3.87. The van der Waals surface area contributed by atoms with Gasteiger partial charge in [-0.15, -0.1) is 11.8 Å². The third-order valence-corrected chi connectivity index (χ3v) is 3.95. The van der Waals surface area contributed by atoms with Gasteiger partial charge in [-0.3, -0.25) is 4.79 Å². The van der Waals surface area contributed by atoms with Crippen LogP contribution in [0.2, 0.25) is 0 Å². The molecule has 1 rings (SSSR count). The molecular formula is C11H18O2S. The van der Waals surface area contributed by atoms with Crippen LogP contribution in [-0.2, 0) is 4.79 Å². The van der Waals surface area contributed by atoms with E-state index in [2.05, 4.69) is 13.5 Å². The zero-order chi connectivity index (χ0) is 10.6. The summed E-state index contributed by atoms with van der Waals surface area (Å²) in [6.45, 7) is 6.06. The maximum absolute atomic E-state index is 10.9. The van der Waals surface area contributed by atoms with E-state index >= 15 is 0 Å². The van der Waals surface area contributed by atoms with Crippen molar-refractivity contribution in [1.29, 1.82) is 0 Å². The summed E-state index contributed by atoms with van der Waals surface area (Å²) in [6.07, 6.45) is 5.15. The number of carbonyl (C=O) groups is 1. The van der Waals surface area contributed by atoms with Gasteiger partial charge >= 0.3 is 5.97 Å². The number of carboxylic acids is 1. The van der Waals surface area contributed by atoms with Gasteiger partial charge in [-0.25, -0.2) is 0 Å². The molecule has 0 bridgehead atoms. The van der Waals surface area contributed by atoms with Crippen LogP contribution in [0.3, 0.4) is 0 Å². The zero-order valence-electron chi connectivity index (χ0n) is 8.71. The van der Waals surface area contributed by atoms with Crippen molar-refractivity contribution in [2.75, 3.05) is 5.75 Å². The molecule has 0 aromatic heterocycles. The van der Waals surface area contributed by atoms with E-state index in [1.165, 1.54) is 12.8 Å². The minimum absolute atomic E-state index is 0.559. The van der Waals surface area contributed by atoms with E-state index in [9.17, 15) is 4.79 Å². The maximum Gasteiger partial charge on any atom is 0.314 e. The Labute approximate surface area is 89.8 Å². The Balaban J connectivity index is 2.25. The largest absolute Gasteiger partial charge is 0.481 e. The van der Waals surface area contributed by atoms with Gasteiger partial charge < -0.3 is 5.11 Å². The van der Waals surface area contributed by atoms with Crippen LogP contribution in [0.25, 0.3) is 0 Å². The van der Waals surface area contributed by atoms with E-state index < -0.39 is 11.4 Å². The van der Waals surface area contributed by atoms with Gasteiger partial charge in [0.2, 0.25) is 0 Å². The molecule has 0 atom stereocenters. The molecule has 2 nitrogen and oxygen atoms in total. The fraction of sp³-hybridized carbons (Fsp3) is 0.727. The average Bonchev–Trinajstić information content (AvgIpc) is 2.92. The fourth-order valence-electron chi connectivity index (χ4n) is 1.42. The van der Waals surface area contributed by atoms with Gasteiger partial charge in [-0.05, 0) is 29.9 Å². The maximum atomic E-state index is 10.9. The molecule has 80 valence electrons. The molecule has 0 saturated heterocycles. The molecule has 1 aliphatic carbocycles. The summed E-state index contributed by atoms with van der Waals surface area (Å²) < 4.78 is 0. The summed E-state index contributed by atoms with van der Waals surface area (Å²) in [7, 11) is 0. The van der Waals surface area contributed by atoms with E-state index in [4.69, 9.17) is 5.11 Å². The lowest BCUT2D eigenvalue weighted by Crippen LogP contribution is -2.15. The molecule has 14 heavy (non-hydrogen) atoms. The molecule has 3 heteroatoms. The van der Waals surface area contributed by atoms with Crippen LogP contribution in [0.15, 0.2) is 11.5 Å². The van der Waals surface area contributed by atoms with Crippen molar-refractivity contribution in [2.24, 2.45) is 5.41 Å². The summed E-state index contributed by atoms with van der Waals surface area (Å²) >= 11 is 1.64. The van der Waals surface area contributed by atoms with E-state index in [1.54, 1.807) is 11.8 Å². The van der Waals surface area contributed by atoms with Crippen LogP contribution >= 0.6 is 11.8 Å². The Morgan fingerprint density at radius 1 is 1.50 bits per heavy atom. The molecule has 0 amide bonds. The van der Waals surface area contributed by atoms with Crippen LogP contribution in [0, 0.1) is 5.41 Å². The van der Waals surface area contributed by atoms with Crippen LogP contribution in [0.4, 0.5) is 0 Å². The van der Waals surface area contributed by atoms with Crippen molar-refractivity contribution in [3.8, 4) is 0 Å². The number of thioether (sulfide) groups is 1. The molecule has 0 aromatic rings. The highest BCUT2D eigenvalue weighted by atomic mass is 32.2. The van der Waals surface area contributed by atoms with Crippen molar-refractivity contribution in [1.82, 2.24) is 0 Å². The molecule has 0 unspecified atom stereocenters. The van der Waals surface area contributed by atoms with Crippen LogP contribution in [-0.4, -0.2) is 16.8 Å². The standard InChI is InChI=1S/C11H18O2S/c1-3-4-5-8-14-9(2)11(6-7-11)10(12)13/h2-8H2,1H3,(H,12,13). The van der Waals surface area contributed by atoms with E-state index in [-0.39, 0.29) is 0 Å². The van der Waals surface area contributed by atoms with Crippen LogP contribution in [0.5, 0.6) is 0 Å². The van der Waals surface area contributed by atoms with Gasteiger partial charge in [0.05, 0.1) is 5.41 Å². The molecule has 1 fully saturated rings. The molecule has 1 saturated carbocycles. The number of aliphatic carboxylic acids is 1. The second kappa shape index (κ2) is 4.87. The minimum Gasteiger partial charge on any atom is -0.481 e. The van der Waals surface area contributed by atoms with Gasteiger partial charge in [-0.2, -0.15) is 0 Å². The van der Waals surface area contributed by atoms with Crippen molar-refractivity contribution < 1.29 is 9.90 Å². The summed E-state index contributed by atoms with van der Waals surface area (Å²) in [4.78, 5) is 11.8. The molecule has 0 heterocycles. The Kier molecular flexibility index (Phi) is 4.05. The lowest BCUT2D eigenvalue weighted by atomic mass is 10.1. The lowest BCUT2D eigenvalue weighted by Gasteiger charge is -2.12. The third kappa shape index (κ3) is 2.53. The normalized spacial score (nSPS) is 17.8. The third-order valence-electron chi connectivity index (χ3n) is 2.72. The molecule has 0 aliphatic heterocycles. The lowest BCUT2D eigenvalue weighted by molar-refractivity contribution is -0.141. The first-order chi connectivity index (χ1) is 6.63. The van der Waals surface area contributed by atoms with Crippen LogP contribution < -0.4 is 0 Å². The fourth-order valence-corrected chi connectivity index (χ4v) is 2.59. The first-order valence-corrected chi connectivity index (χ1v) is 6.17. The molecule has 0 aromatic carbocycles. The Morgan fingerprint density at radius 3 is 2.57 bits per heavy atom.